The first kappa shape index (κ1) is 70.7. The van der Waals surface area contributed by atoms with Crippen LogP contribution in [-0.4, -0.2) is 56.9 Å². The molecule has 87 heavy (non-hydrogen) atoms. The van der Waals surface area contributed by atoms with Crippen molar-refractivity contribution < 1.29 is 42.9 Å². The molecule has 8 rings (SSSR count). The molecule has 0 saturated heterocycles. The lowest BCUT2D eigenvalue weighted by atomic mass is 9.61. The Balaban J connectivity index is 0.000000373. The summed E-state index contributed by atoms with van der Waals surface area (Å²) in [7, 11) is 0. The van der Waals surface area contributed by atoms with Crippen LogP contribution >= 0.6 is 0 Å². The van der Waals surface area contributed by atoms with Gasteiger partial charge in [0.15, 0.2) is 0 Å². The fourth-order valence-corrected chi connectivity index (χ4v) is 19.0. The number of hydrogen-bond donors (Lipinski definition) is 0. The molecule has 0 heterocycles. The summed E-state index contributed by atoms with van der Waals surface area (Å²) in [6.45, 7) is 16.8. The number of ether oxygens (including phenoxy) is 5. The predicted molar refractivity (Wildman–Crippen MR) is 353 cm³/mol. The van der Waals surface area contributed by atoms with E-state index in [4.69, 9.17) is 30.1 Å². The molecule has 0 aliphatic heterocycles. The molecule has 7 fully saturated rings. The molecular formula is C78H124O9. The van der Waals surface area contributed by atoms with Gasteiger partial charge in [-0.15, -0.1) is 6.42 Å². The molecule has 7 saturated carbocycles. The largest absolute Gasteiger partial charge is 0.481 e. The molecule has 12 unspecified atom stereocenters. The number of terminal acetylenes is 1. The number of fused-ring (bicyclic) bond motifs is 10. The van der Waals surface area contributed by atoms with Gasteiger partial charge in [0.05, 0.1) is 32.0 Å². The summed E-state index contributed by atoms with van der Waals surface area (Å²) in [5, 5.41) is 0. The monoisotopic (exact) mass is 1200 g/mol. The first-order valence-corrected chi connectivity index (χ1v) is 36.9. The van der Waals surface area contributed by atoms with Crippen LogP contribution in [0.3, 0.4) is 0 Å². The third-order valence-electron chi connectivity index (χ3n) is 23.3. The minimum absolute atomic E-state index is 0.0138. The van der Waals surface area contributed by atoms with Gasteiger partial charge in [-0.05, 0) is 216 Å². The Morgan fingerprint density at radius 1 is 0.460 bits per heavy atom. The summed E-state index contributed by atoms with van der Waals surface area (Å²) in [5.41, 5.74) is 1.02. The summed E-state index contributed by atoms with van der Waals surface area (Å²) in [5.74, 6) is 14.2. The van der Waals surface area contributed by atoms with E-state index in [1.165, 1.54) is 199 Å². The van der Waals surface area contributed by atoms with E-state index in [9.17, 15) is 19.2 Å². The Hall–Kier alpha value is -3.80. The summed E-state index contributed by atoms with van der Waals surface area (Å²) in [6.07, 6.45) is 54.6. The van der Waals surface area contributed by atoms with Gasteiger partial charge in [-0.2, -0.15) is 0 Å². The predicted octanol–water partition coefficient (Wildman–Crippen LogP) is 19.9. The van der Waals surface area contributed by atoms with Crippen LogP contribution in [0, 0.1) is 107 Å². The summed E-state index contributed by atoms with van der Waals surface area (Å²) in [6, 6.07) is 7.00. The van der Waals surface area contributed by atoms with Crippen molar-refractivity contribution in [2.45, 2.75) is 279 Å². The molecule has 9 nitrogen and oxygen atoms in total. The molecule has 7 aliphatic carbocycles. The van der Waals surface area contributed by atoms with Crippen LogP contribution in [0.2, 0.25) is 0 Å². The summed E-state index contributed by atoms with van der Waals surface area (Å²) in [4.78, 5) is 48.8. The zero-order valence-corrected chi connectivity index (χ0v) is 55.9. The number of benzene rings is 1. The van der Waals surface area contributed by atoms with Crippen molar-refractivity contribution in [3.63, 3.8) is 0 Å². The Bertz CT molecular complexity index is 2210. The highest BCUT2D eigenvalue weighted by Crippen LogP contribution is 2.63. The van der Waals surface area contributed by atoms with Gasteiger partial charge in [0.2, 0.25) is 0 Å². The molecule has 0 aromatic heterocycles. The first-order valence-electron chi connectivity index (χ1n) is 36.9. The zero-order valence-electron chi connectivity index (χ0n) is 55.9. The number of hydrogen-bond acceptors (Lipinski definition) is 9. The number of carbonyl (C=O) groups excluding carboxylic acids is 4. The van der Waals surface area contributed by atoms with Crippen molar-refractivity contribution in [2.75, 3.05) is 33.0 Å². The number of esters is 4. The van der Waals surface area contributed by atoms with Crippen LogP contribution in [-0.2, 0) is 33.3 Å². The second-order valence-electron chi connectivity index (χ2n) is 29.4. The van der Waals surface area contributed by atoms with Gasteiger partial charge in [0.25, 0.3) is 0 Å². The highest BCUT2D eigenvalue weighted by molar-refractivity contribution is 5.89. The lowest BCUT2D eigenvalue weighted by molar-refractivity contribution is -0.146. The smallest absolute Gasteiger partial charge is 0.338 e. The highest BCUT2D eigenvalue weighted by Gasteiger charge is 2.57. The van der Waals surface area contributed by atoms with E-state index >= 15 is 0 Å². The molecule has 0 amide bonds. The maximum absolute atomic E-state index is 12.9. The number of carbonyl (C=O) groups is 4. The van der Waals surface area contributed by atoms with Gasteiger partial charge in [-0.1, -0.05) is 181 Å². The number of unbranched alkanes of at least 4 members (excludes halogenated alkanes) is 17. The normalized spacial score (nSPS) is 29.8. The Kier molecular flexibility index (Phi) is 31.5. The molecule has 1 aromatic carbocycles. The van der Waals surface area contributed by atoms with Crippen molar-refractivity contribution in [3.8, 4) is 18.1 Å². The minimum Gasteiger partial charge on any atom is -0.481 e. The quantitative estimate of drug-likeness (QED) is 0.0208. The van der Waals surface area contributed by atoms with E-state index in [2.05, 4.69) is 33.3 Å². The maximum Gasteiger partial charge on any atom is 0.338 e. The van der Waals surface area contributed by atoms with Crippen LogP contribution < -0.4 is 4.74 Å². The van der Waals surface area contributed by atoms with Crippen molar-refractivity contribution in [1.82, 2.24) is 0 Å². The summed E-state index contributed by atoms with van der Waals surface area (Å²) < 4.78 is 28.0. The molecule has 4 bridgehead atoms. The van der Waals surface area contributed by atoms with Crippen molar-refractivity contribution in [2.24, 2.45) is 94.7 Å². The lowest BCUT2D eigenvalue weighted by Crippen LogP contribution is -2.35. The van der Waals surface area contributed by atoms with Crippen molar-refractivity contribution in [1.29, 1.82) is 0 Å². The fourth-order valence-electron chi connectivity index (χ4n) is 19.0. The number of rotatable bonds is 41. The second kappa shape index (κ2) is 38.8. The van der Waals surface area contributed by atoms with Crippen molar-refractivity contribution >= 4 is 23.9 Å². The van der Waals surface area contributed by atoms with Gasteiger partial charge >= 0.3 is 23.9 Å². The third-order valence-corrected chi connectivity index (χ3v) is 23.3. The SMILES string of the molecule is C#CCOc1ccc(C(=O)OCC2C[C@@H]3C4CC(CC4COC(=O)CCCCCCCCC4C(CCCCCCCC)CCC(CCCCCC)C4CCCCCCC)[C@@H]3C2)cc1.C=C(C)C(=O)OCC1CC2CC1[C@H]1CC(COC(=O)CCC)C[C@@H]21. The average molecular weight is 1210 g/mol. The van der Waals surface area contributed by atoms with Crippen LogP contribution in [0.5, 0.6) is 5.75 Å². The zero-order chi connectivity index (χ0) is 61.8. The van der Waals surface area contributed by atoms with Gasteiger partial charge in [-0.25, -0.2) is 9.59 Å². The molecule has 0 N–H and O–H groups in total. The fraction of sp³-hybridized carbons (Fsp3) is 0.821. The van der Waals surface area contributed by atoms with Crippen LogP contribution in [0.1, 0.15) is 289 Å². The third kappa shape index (κ3) is 22.2. The molecular weight excluding hydrogens is 1080 g/mol. The molecule has 1 aromatic rings. The Morgan fingerprint density at radius 3 is 1.40 bits per heavy atom. The van der Waals surface area contributed by atoms with Crippen LogP contribution in [0.25, 0.3) is 0 Å². The summed E-state index contributed by atoms with van der Waals surface area (Å²) >= 11 is 0. The first-order chi connectivity index (χ1) is 42.4. The minimum atomic E-state index is -0.275. The molecule has 7 aliphatic rings. The van der Waals surface area contributed by atoms with Gasteiger partial charge < -0.3 is 23.7 Å². The van der Waals surface area contributed by atoms with Crippen molar-refractivity contribution in [3.05, 3.63) is 42.0 Å². The molecule has 9 heteroatoms. The van der Waals surface area contributed by atoms with E-state index in [0.29, 0.717) is 97.6 Å². The second-order valence-corrected chi connectivity index (χ2v) is 29.4. The van der Waals surface area contributed by atoms with Crippen LogP contribution in [0.15, 0.2) is 36.4 Å². The molecule has 16 atom stereocenters. The van der Waals surface area contributed by atoms with Gasteiger partial charge in [-0.3, -0.25) is 9.59 Å². The van der Waals surface area contributed by atoms with Gasteiger partial charge in [0, 0.05) is 18.4 Å². The van der Waals surface area contributed by atoms with E-state index in [1.807, 2.05) is 6.92 Å². The van der Waals surface area contributed by atoms with Crippen LogP contribution in [0.4, 0.5) is 0 Å². The molecule has 0 spiro atoms. The average Bonchev–Trinajstić information content (AvgIpc) is 1.65. The van der Waals surface area contributed by atoms with E-state index < -0.39 is 0 Å². The Labute approximate surface area is 530 Å². The van der Waals surface area contributed by atoms with E-state index in [0.717, 1.165) is 85.4 Å². The molecule has 490 valence electrons. The lowest BCUT2D eigenvalue weighted by Gasteiger charge is -2.44. The van der Waals surface area contributed by atoms with E-state index in [-0.39, 0.29) is 30.5 Å². The standard InChI is InChI=1S/C58H94O5.C20H30O4/c1-5-9-12-15-19-23-28-47-33-32-46(27-22-14-11-7-3)52(29-24-18-13-10-6-2)53(47)30-25-20-16-17-21-26-31-57(59)62-44-50-41-49-42-55(50)56-40-45(39-54(49)56)43-63-58(60)48-34-36-51(37-35-48)61-38-8-4;1-4-5-19(21)23-10-13-6-16-14-8-15(11-24-20(22)12(2)3)17(9-14)18(16)7-13/h4,34-37,45-47,49-50,52-56H,5-7,9-33,38-44H2,1-3H3;13-18H,2,4-11H2,1,3H3/t45?,46?,47?,49?,50?,52?,53?,54-,55?,56-;13?,14?,15?,16-,17?,18-/m00/s1. The topological polar surface area (TPSA) is 114 Å². The maximum atomic E-state index is 12.9. The van der Waals surface area contributed by atoms with E-state index in [1.54, 1.807) is 31.2 Å². The molecule has 0 radical (unpaired) electrons. The van der Waals surface area contributed by atoms with Gasteiger partial charge in [0.1, 0.15) is 12.4 Å². The highest BCUT2D eigenvalue weighted by atomic mass is 16.5. The Morgan fingerprint density at radius 2 is 0.897 bits per heavy atom.